The fourth-order valence-corrected chi connectivity index (χ4v) is 0.913. The number of aliphatic imine (C=N–C) groups is 2. The summed E-state index contributed by atoms with van der Waals surface area (Å²) in [5, 5.41) is 0. The van der Waals surface area contributed by atoms with Crippen molar-refractivity contribution in [2.45, 2.75) is 41.5 Å². The fraction of sp³-hybridized carbons (Fsp3) is 0.667. The van der Waals surface area contributed by atoms with E-state index < -0.39 is 0 Å². The number of nitrogens with zero attached hydrogens (tertiary/aromatic N) is 2. The number of rotatable bonds is 1. The lowest BCUT2D eigenvalue weighted by atomic mass is 9.96. The maximum atomic E-state index is 4.34. The van der Waals surface area contributed by atoms with Crippen LogP contribution in [0.15, 0.2) is 22.3 Å². The van der Waals surface area contributed by atoms with Gasteiger partial charge in [-0.15, -0.1) is 0 Å². The van der Waals surface area contributed by atoms with Crippen LogP contribution in [0.5, 0.6) is 0 Å². The van der Waals surface area contributed by atoms with Crippen LogP contribution in [0.25, 0.3) is 0 Å². The Labute approximate surface area is 87.9 Å². The van der Waals surface area contributed by atoms with Gasteiger partial charge < -0.3 is 0 Å². The molecule has 0 atom stereocenters. The molecular weight excluding hydrogens is 172 g/mol. The second kappa shape index (κ2) is 5.74. The van der Waals surface area contributed by atoms with Gasteiger partial charge in [-0.25, -0.2) is 9.98 Å². The molecule has 0 amide bonds. The van der Waals surface area contributed by atoms with Crippen LogP contribution in [0.3, 0.4) is 0 Å². The molecule has 0 aromatic carbocycles. The molecule has 0 spiro atoms. The van der Waals surface area contributed by atoms with Gasteiger partial charge in [0.1, 0.15) is 5.84 Å². The van der Waals surface area contributed by atoms with E-state index in [0.29, 0.717) is 5.92 Å². The van der Waals surface area contributed by atoms with E-state index in [4.69, 9.17) is 0 Å². The molecule has 14 heavy (non-hydrogen) atoms. The van der Waals surface area contributed by atoms with E-state index in [1.54, 1.807) is 0 Å². The summed E-state index contributed by atoms with van der Waals surface area (Å²) in [5.41, 5.74) is 0.0418. The minimum absolute atomic E-state index is 0.0418. The minimum atomic E-state index is 0.0418. The van der Waals surface area contributed by atoms with Crippen LogP contribution in [0, 0.1) is 11.3 Å². The van der Waals surface area contributed by atoms with Crippen LogP contribution >= 0.6 is 0 Å². The van der Waals surface area contributed by atoms with E-state index in [-0.39, 0.29) is 5.41 Å². The lowest BCUT2D eigenvalue weighted by Crippen LogP contribution is -2.10. The third-order valence-corrected chi connectivity index (χ3v) is 1.76. The predicted molar refractivity (Wildman–Crippen MR) is 65.0 cm³/mol. The molecule has 2 nitrogen and oxygen atoms in total. The normalized spacial score (nSPS) is 18.4. The Morgan fingerprint density at radius 1 is 1.21 bits per heavy atom. The molecule has 1 heterocycles. The number of amidine groups is 1. The topological polar surface area (TPSA) is 24.7 Å². The summed E-state index contributed by atoms with van der Waals surface area (Å²) in [6, 6.07) is 0. The van der Waals surface area contributed by atoms with Gasteiger partial charge in [0, 0.05) is 23.7 Å². The maximum absolute atomic E-state index is 4.34. The van der Waals surface area contributed by atoms with Gasteiger partial charge in [0.25, 0.3) is 0 Å². The second-order valence-corrected chi connectivity index (χ2v) is 4.04. The van der Waals surface area contributed by atoms with Gasteiger partial charge in [0.2, 0.25) is 0 Å². The lowest BCUT2D eigenvalue weighted by molar-refractivity contribution is 0.694. The third kappa shape index (κ3) is 4.35. The van der Waals surface area contributed by atoms with Crippen LogP contribution < -0.4 is 0 Å². The van der Waals surface area contributed by atoms with Gasteiger partial charge >= 0.3 is 0 Å². The molecule has 0 radical (unpaired) electrons. The van der Waals surface area contributed by atoms with Crippen molar-refractivity contribution < 1.29 is 0 Å². The Morgan fingerprint density at radius 2 is 1.79 bits per heavy atom. The van der Waals surface area contributed by atoms with Gasteiger partial charge in [-0.05, 0) is 0 Å². The van der Waals surface area contributed by atoms with Crippen molar-refractivity contribution in [1.29, 1.82) is 0 Å². The first kappa shape index (κ1) is 13.1. The van der Waals surface area contributed by atoms with Crippen molar-refractivity contribution in [3.63, 3.8) is 0 Å². The highest BCUT2D eigenvalue weighted by Gasteiger charge is 2.13. The molecule has 0 aromatic heterocycles. The number of hydrogen-bond donors (Lipinski definition) is 0. The molecule has 0 saturated heterocycles. The Bertz CT molecular complexity index is 245. The second-order valence-electron chi connectivity index (χ2n) is 4.04. The number of allylic oxidation sites excluding steroid dienone is 1. The first-order valence-electron chi connectivity index (χ1n) is 5.32. The van der Waals surface area contributed by atoms with Crippen molar-refractivity contribution in [1.82, 2.24) is 0 Å². The zero-order valence-electron chi connectivity index (χ0n) is 10.2. The molecule has 0 fully saturated rings. The lowest BCUT2D eigenvalue weighted by Gasteiger charge is -2.10. The van der Waals surface area contributed by atoms with Crippen LogP contribution in [-0.2, 0) is 0 Å². The van der Waals surface area contributed by atoms with E-state index in [9.17, 15) is 0 Å². The van der Waals surface area contributed by atoms with Gasteiger partial charge in [-0.2, -0.15) is 0 Å². The Kier molecular flexibility index (Phi) is 5.36. The molecule has 1 aliphatic rings. The van der Waals surface area contributed by atoms with Crippen molar-refractivity contribution in [3.8, 4) is 0 Å². The molecule has 1 aliphatic heterocycles. The highest BCUT2D eigenvalue weighted by atomic mass is 14.9. The molecular formula is C12H22N2. The highest BCUT2D eigenvalue weighted by molar-refractivity contribution is 5.93. The smallest absolute Gasteiger partial charge is 0.130 e. The maximum Gasteiger partial charge on any atom is 0.130 e. The fourth-order valence-electron chi connectivity index (χ4n) is 0.913. The highest BCUT2D eigenvalue weighted by Crippen LogP contribution is 2.16. The molecule has 1 rings (SSSR count). The Morgan fingerprint density at radius 3 is 2.29 bits per heavy atom. The predicted octanol–water partition coefficient (Wildman–Crippen LogP) is 3.69. The minimum Gasteiger partial charge on any atom is -0.245 e. The van der Waals surface area contributed by atoms with Crippen molar-refractivity contribution in [2.75, 3.05) is 0 Å². The van der Waals surface area contributed by atoms with Gasteiger partial charge in [-0.1, -0.05) is 47.6 Å². The summed E-state index contributed by atoms with van der Waals surface area (Å²) in [4.78, 5) is 8.59. The average molecular weight is 194 g/mol. The average Bonchev–Trinajstić information content (AvgIpc) is 2.30. The summed E-state index contributed by atoms with van der Waals surface area (Å²) < 4.78 is 0. The summed E-state index contributed by atoms with van der Waals surface area (Å²) in [6.07, 6.45) is 5.86. The monoisotopic (exact) mass is 194 g/mol. The molecule has 2 heteroatoms. The SMILES string of the molecule is CC.CC(C)C1=NC=CC(C)(C)C=N1. The quantitative estimate of drug-likeness (QED) is 0.608. The van der Waals surface area contributed by atoms with Crippen LogP contribution in [-0.4, -0.2) is 12.1 Å². The zero-order valence-corrected chi connectivity index (χ0v) is 10.2. The molecule has 0 aromatic rings. The van der Waals surface area contributed by atoms with Crippen LogP contribution in [0.2, 0.25) is 0 Å². The summed E-state index contributed by atoms with van der Waals surface area (Å²) in [5.74, 6) is 1.32. The van der Waals surface area contributed by atoms with Crippen molar-refractivity contribution in [3.05, 3.63) is 12.3 Å². The van der Waals surface area contributed by atoms with E-state index >= 15 is 0 Å². The molecule has 0 unspecified atom stereocenters. The van der Waals surface area contributed by atoms with Crippen LogP contribution in [0.4, 0.5) is 0 Å². The van der Waals surface area contributed by atoms with E-state index in [1.807, 2.05) is 26.3 Å². The molecule has 0 aliphatic carbocycles. The van der Waals surface area contributed by atoms with Crippen LogP contribution in [0.1, 0.15) is 41.5 Å². The van der Waals surface area contributed by atoms with Crippen molar-refractivity contribution >= 4 is 12.1 Å². The molecule has 0 N–H and O–H groups in total. The van der Waals surface area contributed by atoms with Crippen molar-refractivity contribution in [2.24, 2.45) is 21.3 Å². The Balaban J connectivity index is 0.000000791. The standard InChI is InChI=1S/C10H16N2.C2H6/c1-8(2)9-11-6-5-10(3,4)7-12-9;1-2/h5-8H,1-4H3;1-2H3. The van der Waals surface area contributed by atoms with E-state index in [0.717, 1.165) is 5.84 Å². The van der Waals surface area contributed by atoms with Gasteiger partial charge in [0.15, 0.2) is 0 Å². The van der Waals surface area contributed by atoms with Gasteiger partial charge in [0.05, 0.1) is 0 Å². The number of hydrogen-bond acceptors (Lipinski definition) is 2. The summed E-state index contributed by atoms with van der Waals surface area (Å²) in [6.45, 7) is 12.4. The summed E-state index contributed by atoms with van der Waals surface area (Å²) >= 11 is 0. The zero-order chi connectivity index (χ0) is 11.2. The largest absolute Gasteiger partial charge is 0.245 e. The van der Waals surface area contributed by atoms with E-state index in [2.05, 4.69) is 43.8 Å². The third-order valence-electron chi connectivity index (χ3n) is 1.76. The van der Waals surface area contributed by atoms with Gasteiger partial charge in [-0.3, -0.25) is 0 Å². The van der Waals surface area contributed by atoms with E-state index in [1.165, 1.54) is 0 Å². The molecule has 0 bridgehead atoms. The summed E-state index contributed by atoms with van der Waals surface area (Å²) in [7, 11) is 0. The first-order chi connectivity index (χ1) is 6.51. The molecule has 80 valence electrons. The first-order valence-corrected chi connectivity index (χ1v) is 5.32. The molecule has 0 saturated carbocycles. The Hall–Kier alpha value is -0.920.